The van der Waals surface area contributed by atoms with E-state index < -0.39 is 12.0 Å². The average molecular weight is 528 g/mol. The summed E-state index contributed by atoms with van der Waals surface area (Å²) in [5.41, 5.74) is 5.90. The number of pyridine rings is 1. The van der Waals surface area contributed by atoms with Gasteiger partial charge in [-0.15, -0.1) is 0 Å². The third-order valence-corrected chi connectivity index (χ3v) is 6.96. The minimum absolute atomic E-state index is 0.156. The van der Waals surface area contributed by atoms with Crippen LogP contribution in [0.2, 0.25) is 5.02 Å². The van der Waals surface area contributed by atoms with Crippen LogP contribution >= 0.6 is 11.6 Å². The number of carboxylic acid groups (broad SMARTS) is 1. The molecule has 3 aromatic carbocycles. The summed E-state index contributed by atoms with van der Waals surface area (Å²) in [4.78, 5) is 29.4. The maximum atomic E-state index is 13.3. The van der Waals surface area contributed by atoms with Crippen LogP contribution < -0.4 is 4.74 Å². The second-order valence-corrected chi connectivity index (χ2v) is 9.55. The van der Waals surface area contributed by atoms with Crippen molar-refractivity contribution in [3.8, 4) is 16.9 Å². The van der Waals surface area contributed by atoms with Crippen molar-refractivity contribution < 1.29 is 19.4 Å². The van der Waals surface area contributed by atoms with Gasteiger partial charge in [0.2, 0.25) is 5.91 Å². The Morgan fingerprint density at radius 1 is 1.00 bits per heavy atom. The molecule has 1 aliphatic rings. The van der Waals surface area contributed by atoms with Crippen LogP contribution in [0.25, 0.3) is 22.0 Å². The molecule has 8 heteroatoms. The lowest BCUT2D eigenvalue weighted by atomic mass is 9.89. The van der Waals surface area contributed by atoms with E-state index in [1.165, 1.54) is 5.01 Å². The standard InChI is InChI=1S/C30H26ClN3O4/c1-18-29(30(19-11-13-20(31)14-12-19)21-7-3-5-9-23(21)32-18)24-17-25(22-8-4-6-10-26(22)38-2)34(33-24)27(35)15-16-28(36)37/h3-14,25H,15-17H2,1-2H3,(H,36,37)/t25-/m1/s1. The Balaban J connectivity index is 1.69. The molecule has 1 atom stereocenters. The number of hydrazone groups is 1. The molecule has 1 N–H and O–H groups in total. The number of halogens is 1. The zero-order chi connectivity index (χ0) is 26.8. The van der Waals surface area contributed by atoms with Crippen molar-refractivity contribution in [3.63, 3.8) is 0 Å². The molecule has 0 aliphatic carbocycles. The monoisotopic (exact) mass is 527 g/mol. The normalized spacial score (nSPS) is 15.0. The minimum Gasteiger partial charge on any atom is -0.496 e. The molecule has 0 radical (unpaired) electrons. The fourth-order valence-corrected chi connectivity index (χ4v) is 5.13. The van der Waals surface area contributed by atoms with Crippen LogP contribution in [0.3, 0.4) is 0 Å². The van der Waals surface area contributed by atoms with Gasteiger partial charge in [-0.25, -0.2) is 5.01 Å². The van der Waals surface area contributed by atoms with Gasteiger partial charge in [-0.1, -0.05) is 60.1 Å². The van der Waals surface area contributed by atoms with E-state index in [-0.39, 0.29) is 18.7 Å². The maximum Gasteiger partial charge on any atom is 0.303 e. The van der Waals surface area contributed by atoms with E-state index >= 15 is 0 Å². The minimum atomic E-state index is -1.03. The largest absolute Gasteiger partial charge is 0.496 e. The number of para-hydroxylation sites is 2. The first-order valence-electron chi connectivity index (χ1n) is 12.3. The number of ether oxygens (including phenoxy) is 1. The molecule has 1 aromatic heterocycles. The fourth-order valence-electron chi connectivity index (χ4n) is 5.01. The van der Waals surface area contributed by atoms with Crippen molar-refractivity contribution in [3.05, 3.63) is 94.6 Å². The Bertz CT molecular complexity index is 1570. The molecular formula is C30H26ClN3O4. The number of rotatable bonds is 7. The van der Waals surface area contributed by atoms with Gasteiger partial charge in [0.05, 0.1) is 30.8 Å². The first kappa shape index (κ1) is 25.4. The number of carboxylic acids is 1. The van der Waals surface area contributed by atoms with Gasteiger partial charge in [0.1, 0.15) is 5.75 Å². The molecule has 0 saturated heterocycles. The molecule has 0 saturated carbocycles. The first-order chi connectivity index (χ1) is 18.4. The van der Waals surface area contributed by atoms with Gasteiger partial charge >= 0.3 is 5.97 Å². The number of aromatic nitrogens is 1. The van der Waals surface area contributed by atoms with E-state index in [1.54, 1.807) is 7.11 Å². The van der Waals surface area contributed by atoms with Crippen LogP contribution in [0.5, 0.6) is 5.75 Å². The van der Waals surface area contributed by atoms with Crippen LogP contribution in [-0.4, -0.2) is 39.8 Å². The third kappa shape index (κ3) is 4.85. The van der Waals surface area contributed by atoms with E-state index in [2.05, 4.69) is 0 Å². The lowest BCUT2D eigenvalue weighted by Crippen LogP contribution is -2.27. The van der Waals surface area contributed by atoms with Crippen LogP contribution in [0, 0.1) is 6.92 Å². The zero-order valence-corrected chi connectivity index (χ0v) is 21.8. The van der Waals surface area contributed by atoms with E-state index in [0.29, 0.717) is 22.9 Å². The van der Waals surface area contributed by atoms with Gasteiger partial charge in [0.25, 0.3) is 0 Å². The number of methoxy groups -OCH3 is 1. The molecule has 5 rings (SSSR count). The third-order valence-electron chi connectivity index (χ3n) is 6.71. The second kappa shape index (κ2) is 10.6. The number of fused-ring (bicyclic) bond motifs is 1. The van der Waals surface area contributed by atoms with E-state index in [0.717, 1.165) is 38.9 Å². The van der Waals surface area contributed by atoms with Crippen LogP contribution in [0.15, 0.2) is 77.9 Å². The summed E-state index contributed by atoms with van der Waals surface area (Å²) in [6.07, 6.45) is -0.0111. The van der Waals surface area contributed by atoms with Crippen molar-refractivity contribution >= 4 is 40.1 Å². The molecule has 7 nitrogen and oxygen atoms in total. The first-order valence-corrected chi connectivity index (χ1v) is 12.6. The molecule has 2 heterocycles. The Morgan fingerprint density at radius 2 is 1.71 bits per heavy atom. The average Bonchev–Trinajstić information content (AvgIpc) is 3.36. The lowest BCUT2D eigenvalue weighted by Gasteiger charge is -2.23. The van der Waals surface area contributed by atoms with Crippen molar-refractivity contribution in [2.75, 3.05) is 7.11 Å². The van der Waals surface area contributed by atoms with Crippen LogP contribution in [0.1, 0.15) is 42.1 Å². The van der Waals surface area contributed by atoms with Gasteiger partial charge in [0.15, 0.2) is 0 Å². The van der Waals surface area contributed by atoms with Crippen LogP contribution in [-0.2, 0) is 9.59 Å². The summed E-state index contributed by atoms with van der Waals surface area (Å²) in [5, 5.41) is 17.0. The number of nitrogens with zero attached hydrogens (tertiary/aromatic N) is 3. The van der Waals surface area contributed by atoms with E-state index in [1.807, 2.05) is 79.7 Å². The predicted octanol–water partition coefficient (Wildman–Crippen LogP) is 6.41. The maximum absolute atomic E-state index is 13.3. The molecule has 0 unspecified atom stereocenters. The summed E-state index contributed by atoms with van der Waals surface area (Å²) in [6.45, 7) is 1.94. The number of amides is 1. The molecule has 0 fully saturated rings. The lowest BCUT2D eigenvalue weighted by molar-refractivity contribution is -0.141. The highest BCUT2D eigenvalue weighted by atomic mass is 35.5. The van der Waals surface area contributed by atoms with Gasteiger partial charge in [-0.2, -0.15) is 5.10 Å². The van der Waals surface area contributed by atoms with Crippen molar-refractivity contribution in [1.29, 1.82) is 0 Å². The summed E-state index contributed by atoms with van der Waals surface area (Å²) in [7, 11) is 1.59. The van der Waals surface area contributed by atoms with E-state index in [4.69, 9.17) is 26.4 Å². The summed E-state index contributed by atoms with van der Waals surface area (Å²) >= 11 is 6.20. The van der Waals surface area contributed by atoms with Gasteiger partial charge in [0, 0.05) is 45.6 Å². The van der Waals surface area contributed by atoms with Crippen molar-refractivity contribution in [1.82, 2.24) is 9.99 Å². The number of benzene rings is 3. The SMILES string of the molecule is COc1ccccc1[C@H]1CC(c2c(C)nc3ccccc3c2-c2ccc(Cl)cc2)=NN1C(=O)CCC(=O)O. The Kier molecular flexibility index (Phi) is 7.11. The Labute approximate surface area is 225 Å². The number of carbonyl (C=O) groups excluding carboxylic acids is 1. The number of hydrogen-bond donors (Lipinski definition) is 1. The van der Waals surface area contributed by atoms with Crippen molar-refractivity contribution in [2.24, 2.45) is 5.10 Å². The number of aryl methyl sites for hydroxylation is 1. The molecule has 38 heavy (non-hydrogen) atoms. The van der Waals surface area contributed by atoms with Gasteiger partial charge in [-0.05, 0) is 36.8 Å². The molecule has 1 aliphatic heterocycles. The van der Waals surface area contributed by atoms with Crippen LogP contribution in [0.4, 0.5) is 0 Å². The second-order valence-electron chi connectivity index (χ2n) is 9.11. The number of hydrogen-bond acceptors (Lipinski definition) is 5. The highest BCUT2D eigenvalue weighted by molar-refractivity contribution is 6.30. The molecule has 192 valence electrons. The summed E-state index contributed by atoms with van der Waals surface area (Å²) in [6, 6.07) is 22.6. The topological polar surface area (TPSA) is 92.1 Å². The molecule has 4 aromatic rings. The molecule has 1 amide bonds. The Morgan fingerprint density at radius 3 is 2.45 bits per heavy atom. The van der Waals surface area contributed by atoms with Gasteiger partial charge in [-0.3, -0.25) is 14.6 Å². The highest BCUT2D eigenvalue weighted by Gasteiger charge is 2.36. The Hall–Kier alpha value is -4.23. The fraction of sp³-hybridized carbons (Fsp3) is 0.200. The zero-order valence-electron chi connectivity index (χ0n) is 21.0. The number of carbonyl (C=O) groups is 2. The molecule has 0 spiro atoms. The highest BCUT2D eigenvalue weighted by Crippen LogP contribution is 2.41. The summed E-state index contributed by atoms with van der Waals surface area (Å²) < 4.78 is 5.60. The predicted molar refractivity (Wildman–Crippen MR) is 148 cm³/mol. The van der Waals surface area contributed by atoms with E-state index in [9.17, 15) is 14.7 Å². The molecular weight excluding hydrogens is 502 g/mol. The molecule has 0 bridgehead atoms. The quantitative estimate of drug-likeness (QED) is 0.299. The smallest absolute Gasteiger partial charge is 0.303 e. The van der Waals surface area contributed by atoms with Gasteiger partial charge < -0.3 is 9.84 Å². The van der Waals surface area contributed by atoms with Crippen molar-refractivity contribution in [2.45, 2.75) is 32.2 Å². The number of aliphatic carboxylic acids is 1. The summed E-state index contributed by atoms with van der Waals surface area (Å²) in [5.74, 6) is -0.760.